The molecule has 19 heavy (non-hydrogen) atoms. The molecule has 0 aliphatic heterocycles. The van der Waals surface area contributed by atoms with Gasteiger partial charge in [0.25, 0.3) is 0 Å². The maximum absolute atomic E-state index is 14.2. The first-order chi connectivity index (χ1) is 9.26. The van der Waals surface area contributed by atoms with Gasteiger partial charge in [0.15, 0.2) is 0 Å². The monoisotopic (exact) mass is 262 g/mol. The van der Waals surface area contributed by atoms with Gasteiger partial charge in [0.2, 0.25) is 0 Å². The van der Waals surface area contributed by atoms with Crippen LogP contribution >= 0.6 is 0 Å². The summed E-state index contributed by atoms with van der Waals surface area (Å²) >= 11 is 0. The molecule has 0 radical (unpaired) electrons. The van der Waals surface area contributed by atoms with Crippen molar-refractivity contribution >= 4 is 0 Å². The smallest absolute Gasteiger partial charge is 0.132 e. The Morgan fingerprint density at radius 2 is 1.63 bits per heavy atom. The minimum atomic E-state index is -0.0957. The van der Waals surface area contributed by atoms with Gasteiger partial charge < -0.3 is 5.73 Å². The highest BCUT2D eigenvalue weighted by atomic mass is 19.1. The third-order valence-electron chi connectivity index (χ3n) is 4.20. The van der Waals surface area contributed by atoms with Crippen LogP contribution in [0.25, 0.3) is 0 Å². The molecule has 2 saturated carbocycles. The molecular weight excluding hydrogens is 239 g/mol. The number of nitrogens with zero attached hydrogens (tertiary/aromatic N) is 1. The van der Waals surface area contributed by atoms with Gasteiger partial charge in [0, 0.05) is 37.3 Å². The van der Waals surface area contributed by atoms with Crippen LogP contribution in [0.4, 0.5) is 4.39 Å². The molecular formula is C16H23FN2. The summed E-state index contributed by atoms with van der Waals surface area (Å²) in [6, 6.07) is 5.61. The molecule has 1 aromatic rings. The van der Waals surface area contributed by atoms with E-state index in [1.165, 1.54) is 25.7 Å². The van der Waals surface area contributed by atoms with Crippen LogP contribution in [-0.4, -0.2) is 18.0 Å². The molecule has 0 heterocycles. The van der Waals surface area contributed by atoms with Crippen LogP contribution in [-0.2, 0) is 13.1 Å². The Bertz CT molecular complexity index is 424. The van der Waals surface area contributed by atoms with Crippen LogP contribution in [0.3, 0.4) is 0 Å². The molecule has 3 rings (SSSR count). The van der Waals surface area contributed by atoms with E-state index in [0.29, 0.717) is 5.56 Å². The van der Waals surface area contributed by atoms with E-state index in [-0.39, 0.29) is 12.4 Å². The molecule has 0 amide bonds. The van der Waals surface area contributed by atoms with Gasteiger partial charge in [-0.15, -0.1) is 0 Å². The Kier molecular flexibility index (Phi) is 3.85. The van der Waals surface area contributed by atoms with Gasteiger partial charge in [-0.05, 0) is 37.5 Å². The SMILES string of the molecule is NCc1cccc(CN(CC2CC2)CC2CC2)c1F. The first kappa shape index (κ1) is 13.1. The van der Waals surface area contributed by atoms with E-state index >= 15 is 0 Å². The zero-order valence-corrected chi connectivity index (χ0v) is 11.4. The summed E-state index contributed by atoms with van der Waals surface area (Å²) in [5.74, 6) is 1.63. The quantitative estimate of drug-likeness (QED) is 0.818. The zero-order valence-electron chi connectivity index (χ0n) is 11.4. The summed E-state index contributed by atoms with van der Waals surface area (Å²) in [6.45, 7) is 3.31. The maximum Gasteiger partial charge on any atom is 0.132 e. The molecule has 2 fully saturated rings. The summed E-state index contributed by atoms with van der Waals surface area (Å²) in [7, 11) is 0. The fourth-order valence-corrected chi connectivity index (χ4v) is 2.69. The summed E-state index contributed by atoms with van der Waals surface area (Å²) in [5.41, 5.74) is 7.02. The Hall–Kier alpha value is -0.930. The second-order valence-electron chi connectivity index (χ2n) is 6.18. The second kappa shape index (κ2) is 5.59. The van der Waals surface area contributed by atoms with Crippen LogP contribution in [0.15, 0.2) is 18.2 Å². The van der Waals surface area contributed by atoms with E-state index < -0.39 is 0 Å². The molecule has 3 heteroatoms. The molecule has 0 bridgehead atoms. The normalized spacial score (nSPS) is 19.1. The van der Waals surface area contributed by atoms with Gasteiger partial charge in [-0.25, -0.2) is 4.39 Å². The predicted molar refractivity (Wildman–Crippen MR) is 75.0 cm³/mol. The average Bonchev–Trinajstić information content (AvgIpc) is 3.28. The van der Waals surface area contributed by atoms with Crippen molar-refractivity contribution in [3.8, 4) is 0 Å². The highest BCUT2D eigenvalue weighted by Gasteiger charge is 2.29. The number of benzene rings is 1. The molecule has 2 aliphatic carbocycles. The Morgan fingerprint density at radius 3 is 2.16 bits per heavy atom. The average molecular weight is 262 g/mol. The van der Waals surface area contributed by atoms with E-state index in [0.717, 1.165) is 37.0 Å². The molecule has 0 spiro atoms. The third kappa shape index (κ3) is 3.54. The number of halogens is 1. The first-order valence-corrected chi connectivity index (χ1v) is 7.45. The minimum absolute atomic E-state index is 0.0957. The number of rotatable bonds is 7. The van der Waals surface area contributed by atoms with Crippen LogP contribution < -0.4 is 5.73 Å². The van der Waals surface area contributed by atoms with E-state index in [4.69, 9.17) is 5.73 Å². The molecule has 0 saturated heterocycles. The van der Waals surface area contributed by atoms with Gasteiger partial charge >= 0.3 is 0 Å². The third-order valence-corrected chi connectivity index (χ3v) is 4.20. The molecule has 1 aromatic carbocycles. The second-order valence-corrected chi connectivity index (χ2v) is 6.18. The minimum Gasteiger partial charge on any atom is -0.326 e. The van der Waals surface area contributed by atoms with Crippen LogP contribution in [0.5, 0.6) is 0 Å². The molecule has 0 aromatic heterocycles. The molecule has 2 aliphatic rings. The van der Waals surface area contributed by atoms with Gasteiger partial charge in [0.05, 0.1) is 0 Å². The molecule has 2 nitrogen and oxygen atoms in total. The van der Waals surface area contributed by atoms with Crippen molar-refractivity contribution in [2.24, 2.45) is 17.6 Å². The highest BCUT2D eigenvalue weighted by Crippen LogP contribution is 2.34. The van der Waals surface area contributed by atoms with Crippen molar-refractivity contribution < 1.29 is 4.39 Å². The van der Waals surface area contributed by atoms with Crippen molar-refractivity contribution in [2.75, 3.05) is 13.1 Å². The Labute approximate surface area is 114 Å². The van der Waals surface area contributed by atoms with Gasteiger partial charge in [-0.3, -0.25) is 4.90 Å². The number of hydrogen-bond acceptors (Lipinski definition) is 2. The van der Waals surface area contributed by atoms with Crippen molar-refractivity contribution in [3.63, 3.8) is 0 Å². The lowest BCUT2D eigenvalue weighted by Crippen LogP contribution is -2.28. The van der Waals surface area contributed by atoms with Crippen LogP contribution in [0.1, 0.15) is 36.8 Å². The lowest BCUT2D eigenvalue weighted by atomic mass is 10.1. The van der Waals surface area contributed by atoms with Crippen LogP contribution in [0.2, 0.25) is 0 Å². The number of nitrogens with two attached hydrogens (primary N) is 1. The fraction of sp³-hybridized carbons (Fsp3) is 0.625. The first-order valence-electron chi connectivity index (χ1n) is 7.45. The highest BCUT2D eigenvalue weighted by molar-refractivity contribution is 5.26. The summed E-state index contributed by atoms with van der Waals surface area (Å²) in [5, 5.41) is 0. The van der Waals surface area contributed by atoms with Crippen LogP contribution in [0, 0.1) is 17.7 Å². The molecule has 2 N–H and O–H groups in total. The van der Waals surface area contributed by atoms with Crippen molar-refractivity contribution in [1.82, 2.24) is 4.90 Å². The summed E-state index contributed by atoms with van der Waals surface area (Å²) in [4.78, 5) is 2.45. The molecule has 0 unspecified atom stereocenters. The topological polar surface area (TPSA) is 29.3 Å². The van der Waals surface area contributed by atoms with Crippen molar-refractivity contribution in [2.45, 2.75) is 38.8 Å². The van der Waals surface area contributed by atoms with Crippen molar-refractivity contribution in [3.05, 3.63) is 35.1 Å². The predicted octanol–water partition coefficient (Wildman–Crippen LogP) is 2.91. The van der Waals surface area contributed by atoms with E-state index in [1.54, 1.807) is 6.07 Å². The Morgan fingerprint density at radius 1 is 1.05 bits per heavy atom. The molecule has 104 valence electrons. The lowest BCUT2D eigenvalue weighted by Gasteiger charge is -2.23. The number of hydrogen-bond donors (Lipinski definition) is 1. The van der Waals surface area contributed by atoms with E-state index in [9.17, 15) is 4.39 Å². The summed E-state index contributed by atoms with van der Waals surface area (Å²) < 4.78 is 14.2. The maximum atomic E-state index is 14.2. The molecule has 0 atom stereocenters. The summed E-state index contributed by atoms with van der Waals surface area (Å²) in [6.07, 6.45) is 5.41. The van der Waals surface area contributed by atoms with E-state index in [2.05, 4.69) is 4.90 Å². The van der Waals surface area contributed by atoms with Gasteiger partial charge in [0.1, 0.15) is 5.82 Å². The van der Waals surface area contributed by atoms with Gasteiger partial charge in [-0.1, -0.05) is 18.2 Å². The zero-order chi connectivity index (χ0) is 13.2. The lowest BCUT2D eigenvalue weighted by molar-refractivity contribution is 0.241. The standard InChI is InChI=1S/C16H23FN2/c17-16-14(8-18)2-1-3-15(16)11-19(9-12-4-5-12)10-13-6-7-13/h1-3,12-13H,4-11,18H2. The Balaban J connectivity index is 1.68. The van der Waals surface area contributed by atoms with Crippen molar-refractivity contribution in [1.29, 1.82) is 0 Å². The fourth-order valence-electron chi connectivity index (χ4n) is 2.69. The van der Waals surface area contributed by atoms with E-state index in [1.807, 2.05) is 12.1 Å². The van der Waals surface area contributed by atoms with Gasteiger partial charge in [-0.2, -0.15) is 0 Å². The largest absolute Gasteiger partial charge is 0.326 e.